The highest BCUT2D eigenvalue weighted by atomic mass is 14.4. The van der Waals surface area contributed by atoms with Crippen LogP contribution in [0.3, 0.4) is 0 Å². The minimum absolute atomic E-state index is 0.136. The molecule has 0 N–H and O–H groups in total. The molecule has 0 aromatic heterocycles. The van der Waals surface area contributed by atoms with Gasteiger partial charge >= 0.3 is 0 Å². The fourth-order valence-corrected chi connectivity index (χ4v) is 4.57. The highest BCUT2D eigenvalue weighted by Crippen LogP contribution is 2.47. The van der Waals surface area contributed by atoms with Crippen LogP contribution in [0.5, 0.6) is 0 Å². The first-order valence-corrected chi connectivity index (χ1v) is 12.0. The molecule has 0 aliphatic heterocycles. The Balaban J connectivity index is 2.62. The van der Waals surface area contributed by atoms with Gasteiger partial charge in [-0.15, -0.1) is 0 Å². The van der Waals surface area contributed by atoms with Crippen molar-refractivity contribution in [1.82, 2.24) is 0 Å². The Morgan fingerprint density at radius 1 is 0.900 bits per heavy atom. The van der Waals surface area contributed by atoms with Crippen LogP contribution in [0.25, 0.3) is 11.6 Å². The lowest BCUT2D eigenvalue weighted by molar-refractivity contribution is 0.367. The van der Waals surface area contributed by atoms with E-state index in [0.717, 1.165) is 6.42 Å². The lowest BCUT2D eigenvalue weighted by atomic mass is 9.66. The molecule has 0 nitrogen and oxygen atoms in total. The summed E-state index contributed by atoms with van der Waals surface area (Å²) in [6, 6.07) is 8.94. The van der Waals surface area contributed by atoms with Crippen molar-refractivity contribution in [3.8, 4) is 0 Å². The fourth-order valence-electron chi connectivity index (χ4n) is 4.57. The summed E-state index contributed by atoms with van der Waals surface area (Å²) in [6.45, 7) is 11.5. The van der Waals surface area contributed by atoms with Crippen molar-refractivity contribution in [2.45, 2.75) is 79.6 Å². The summed E-state index contributed by atoms with van der Waals surface area (Å²) in [6.07, 6.45) is 26.7. The fraction of sp³-hybridized carbons (Fsp3) is 0.467. The molecular formula is C30H42. The normalized spacial score (nSPS) is 22.1. The number of hydrogen-bond donors (Lipinski definition) is 0. The van der Waals surface area contributed by atoms with Crippen LogP contribution in [0, 0.1) is 11.3 Å². The summed E-state index contributed by atoms with van der Waals surface area (Å²) in [5, 5.41) is 2.76. The Labute approximate surface area is 185 Å². The second-order valence-electron chi connectivity index (χ2n) is 9.01. The quantitative estimate of drug-likeness (QED) is 0.352. The Bertz CT molecular complexity index is 878. The van der Waals surface area contributed by atoms with Crippen molar-refractivity contribution >= 4 is 11.6 Å². The molecule has 1 aliphatic rings. The summed E-state index contributed by atoms with van der Waals surface area (Å²) in [7, 11) is 0. The largest absolute Gasteiger partial charge is 0.0820 e. The molecule has 0 atom stereocenters. The SMILES string of the molecule is CCCCC1(CCCC)\C(C/C=C/C=C/C(C)C)=C/C=C/C=c2/cccc/c2=C\1C. The molecule has 0 fully saturated rings. The molecule has 2 rings (SSSR count). The van der Waals surface area contributed by atoms with Crippen LogP contribution in [0.1, 0.15) is 79.6 Å². The van der Waals surface area contributed by atoms with E-state index in [4.69, 9.17) is 0 Å². The number of allylic oxidation sites excluding steroid dienone is 8. The van der Waals surface area contributed by atoms with Crippen LogP contribution in [-0.2, 0) is 0 Å². The van der Waals surface area contributed by atoms with Gasteiger partial charge in [-0.05, 0) is 42.5 Å². The topological polar surface area (TPSA) is 0 Å². The van der Waals surface area contributed by atoms with E-state index in [2.05, 4.69) is 107 Å². The lowest BCUT2D eigenvalue weighted by Crippen LogP contribution is -2.34. The van der Waals surface area contributed by atoms with Crippen molar-refractivity contribution < 1.29 is 0 Å². The van der Waals surface area contributed by atoms with E-state index in [1.807, 2.05) is 0 Å². The van der Waals surface area contributed by atoms with E-state index < -0.39 is 0 Å². The molecule has 1 aromatic rings. The van der Waals surface area contributed by atoms with Crippen LogP contribution in [-0.4, -0.2) is 0 Å². The molecule has 0 heterocycles. The Morgan fingerprint density at radius 2 is 1.57 bits per heavy atom. The molecule has 0 amide bonds. The van der Waals surface area contributed by atoms with Crippen molar-refractivity contribution in [3.05, 3.63) is 82.8 Å². The highest BCUT2D eigenvalue weighted by molar-refractivity contribution is 5.59. The zero-order valence-corrected chi connectivity index (χ0v) is 20.0. The number of rotatable bonds is 10. The molecular weight excluding hydrogens is 360 g/mol. The maximum atomic E-state index is 2.41. The van der Waals surface area contributed by atoms with E-state index in [1.54, 1.807) is 11.1 Å². The molecule has 0 heteroatoms. The predicted molar refractivity (Wildman–Crippen MR) is 136 cm³/mol. The molecule has 1 aromatic carbocycles. The predicted octanol–water partition coefficient (Wildman–Crippen LogP) is 7.66. The van der Waals surface area contributed by atoms with Gasteiger partial charge in [-0.3, -0.25) is 0 Å². The second kappa shape index (κ2) is 12.6. The lowest BCUT2D eigenvalue weighted by Gasteiger charge is -2.38. The van der Waals surface area contributed by atoms with Crippen LogP contribution < -0.4 is 10.4 Å². The van der Waals surface area contributed by atoms with Gasteiger partial charge in [0, 0.05) is 5.41 Å². The molecule has 0 unspecified atom stereocenters. The average Bonchev–Trinajstić information content (AvgIpc) is 2.79. The Morgan fingerprint density at radius 3 is 2.23 bits per heavy atom. The number of hydrogen-bond acceptors (Lipinski definition) is 0. The third-order valence-corrected chi connectivity index (χ3v) is 6.38. The monoisotopic (exact) mass is 402 g/mol. The van der Waals surface area contributed by atoms with Gasteiger partial charge in [-0.2, -0.15) is 0 Å². The summed E-state index contributed by atoms with van der Waals surface area (Å²) < 4.78 is 0. The smallest absolute Gasteiger partial charge is 0.0133 e. The molecule has 0 bridgehead atoms. The minimum Gasteiger partial charge on any atom is -0.0820 e. The van der Waals surface area contributed by atoms with Crippen molar-refractivity contribution in [1.29, 1.82) is 0 Å². The van der Waals surface area contributed by atoms with Crippen LogP contribution in [0.15, 0.2) is 72.4 Å². The zero-order valence-electron chi connectivity index (χ0n) is 20.0. The van der Waals surface area contributed by atoms with Gasteiger partial charge in [-0.25, -0.2) is 0 Å². The van der Waals surface area contributed by atoms with Gasteiger partial charge in [0.05, 0.1) is 0 Å². The van der Waals surface area contributed by atoms with Crippen molar-refractivity contribution in [2.75, 3.05) is 0 Å². The third kappa shape index (κ3) is 6.46. The Hall–Kier alpha value is -2.08. The van der Waals surface area contributed by atoms with E-state index in [1.165, 1.54) is 49.0 Å². The van der Waals surface area contributed by atoms with Gasteiger partial charge < -0.3 is 0 Å². The van der Waals surface area contributed by atoms with Crippen molar-refractivity contribution in [3.63, 3.8) is 0 Å². The first kappa shape index (κ1) is 24.2. The number of benzene rings is 1. The molecule has 0 radical (unpaired) electrons. The van der Waals surface area contributed by atoms with E-state index in [0.29, 0.717) is 5.92 Å². The van der Waals surface area contributed by atoms with Crippen LogP contribution in [0.4, 0.5) is 0 Å². The van der Waals surface area contributed by atoms with Crippen LogP contribution >= 0.6 is 0 Å². The first-order valence-electron chi connectivity index (χ1n) is 12.0. The summed E-state index contributed by atoms with van der Waals surface area (Å²) in [5.41, 5.74) is 3.26. The van der Waals surface area contributed by atoms with Gasteiger partial charge in [-0.1, -0.05) is 137 Å². The Kier molecular flexibility index (Phi) is 10.1. The highest BCUT2D eigenvalue weighted by Gasteiger charge is 2.34. The van der Waals surface area contributed by atoms with E-state index in [-0.39, 0.29) is 5.41 Å². The summed E-state index contributed by atoms with van der Waals surface area (Å²) >= 11 is 0. The first-order chi connectivity index (χ1) is 14.5. The van der Waals surface area contributed by atoms with E-state index in [9.17, 15) is 0 Å². The summed E-state index contributed by atoms with van der Waals surface area (Å²) in [4.78, 5) is 0. The van der Waals surface area contributed by atoms with Gasteiger partial charge in [0.25, 0.3) is 0 Å². The van der Waals surface area contributed by atoms with Gasteiger partial charge in [0.15, 0.2) is 0 Å². The molecule has 30 heavy (non-hydrogen) atoms. The van der Waals surface area contributed by atoms with Gasteiger partial charge in [0.1, 0.15) is 0 Å². The molecule has 0 saturated heterocycles. The zero-order chi connectivity index (χ0) is 21.8. The number of unbranched alkanes of at least 4 members (excludes halogenated alkanes) is 2. The minimum atomic E-state index is 0.136. The molecule has 162 valence electrons. The van der Waals surface area contributed by atoms with Gasteiger partial charge in [0.2, 0.25) is 0 Å². The maximum absolute atomic E-state index is 2.41. The second-order valence-corrected chi connectivity index (χ2v) is 9.01. The standard InChI is InChI=1S/C30H42/c1-6-8-23-30(24-9-7-2)26(5)29-22-16-14-19-27(29)18-13-15-21-28(30)20-12-10-11-17-25(3)4/h10-19,21-22,25H,6-9,20,23-24H2,1-5H3/b12-10+,15-13+,17-11+,27-18-,28-21-,29-26+. The average molecular weight is 403 g/mol. The summed E-state index contributed by atoms with van der Waals surface area (Å²) in [5.74, 6) is 0.595. The van der Waals surface area contributed by atoms with E-state index >= 15 is 0 Å². The number of fused-ring (bicyclic) bond motifs is 1. The molecule has 0 spiro atoms. The third-order valence-electron chi connectivity index (χ3n) is 6.38. The maximum Gasteiger partial charge on any atom is 0.0133 e. The molecule has 0 saturated carbocycles. The van der Waals surface area contributed by atoms with Crippen LogP contribution in [0.2, 0.25) is 0 Å². The van der Waals surface area contributed by atoms with Crippen molar-refractivity contribution in [2.24, 2.45) is 11.3 Å². The molecule has 1 aliphatic carbocycles.